The summed E-state index contributed by atoms with van der Waals surface area (Å²) in [7, 11) is 0. The zero-order chi connectivity index (χ0) is 12.1. The number of carbonyl (C=O) groups excluding carboxylic acids is 1. The highest BCUT2D eigenvalue weighted by atomic mass is 16.3. The number of amides is 1. The van der Waals surface area contributed by atoms with Gasteiger partial charge in [-0.25, -0.2) is 0 Å². The van der Waals surface area contributed by atoms with Crippen molar-refractivity contribution < 1.29 is 9.90 Å². The molecular weight excluding hydrogens is 202 g/mol. The Kier molecular flexibility index (Phi) is 4.35. The van der Waals surface area contributed by atoms with Crippen molar-refractivity contribution in [1.29, 1.82) is 0 Å². The lowest BCUT2D eigenvalue weighted by Gasteiger charge is -2.16. The molecule has 0 saturated heterocycles. The van der Waals surface area contributed by atoms with E-state index in [1.165, 1.54) is 0 Å². The number of nitrogens with one attached hydrogen (secondary N) is 1. The van der Waals surface area contributed by atoms with Gasteiger partial charge in [0.15, 0.2) is 0 Å². The van der Waals surface area contributed by atoms with E-state index < -0.39 is 0 Å². The Bertz CT molecular complexity index is 361. The molecule has 1 rings (SSSR count). The average molecular weight is 221 g/mol. The predicted octanol–water partition coefficient (Wildman–Crippen LogP) is 2.62. The minimum atomic E-state index is -0.160. The van der Waals surface area contributed by atoms with Crippen LogP contribution in [0.1, 0.15) is 38.8 Å². The lowest BCUT2D eigenvalue weighted by Crippen LogP contribution is -2.27. The molecule has 0 radical (unpaired) electrons. The normalized spacial score (nSPS) is 12.5. The molecule has 0 saturated carbocycles. The van der Waals surface area contributed by atoms with Crippen LogP contribution in [0, 0.1) is 5.92 Å². The van der Waals surface area contributed by atoms with Crippen LogP contribution < -0.4 is 5.32 Å². The van der Waals surface area contributed by atoms with Crippen molar-refractivity contribution >= 4 is 5.91 Å². The minimum absolute atomic E-state index is 0.0192. The van der Waals surface area contributed by atoms with E-state index >= 15 is 0 Å². The standard InChI is InChI=1S/C13H19NO2/c1-9(2)8-13(16)14-10(3)11-6-4-5-7-12(11)15/h4-7,9-10,15H,8H2,1-3H3,(H,14,16). The Labute approximate surface area is 96.5 Å². The smallest absolute Gasteiger partial charge is 0.220 e. The topological polar surface area (TPSA) is 49.3 Å². The molecular formula is C13H19NO2. The second-order valence-electron chi connectivity index (χ2n) is 4.45. The number of rotatable bonds is 4. The summed E-state index contributed by atoms with van der Waals surface area (Å²) in [4.78, 5) is 11.6. The van der Waals surface area contributed by atoms with E-state index in [-0.39, 0.29) is 17.7 Å². The number of phenols is 1. The molecule has 0 aliphatic heterocycles. The Balaban J connectivity index is 2.62. The van der Waals surface area contributed by atoms with Crippen LogP contribution in [0.5, 0.6) is 5.75 Å². The van der Waals surface area contributed by atoms with Crippen molar-refractivity contribution in [3.05, 3.63) is 29.8 Å². The fourth-order valence-corrected chi connectivity index (χ4v) is 1.60. The number of carbonyl (C=O) groups is 1. The van der Waals surface area contributed by atoms with Crippen LogP contribution in [0.3, 0.4) is 0 Å². The Morgan fingerprint density at radius 2 is 1.94 bits per heavy atom. The molecule has 1 aromatic carbocycles. The van der Waals surface area contributed by atoms with Gasteiger partial charge in [-0.05, 0) is 18.9 Å². The molecule has 0 heterocycles. The zero-order valence-corrected chi connectivity index (χ0v) is 10.0. The van der Waals surface area contributed by atoms with E-state index in [2.05, 4.69) is 5.32 Å². The first-order valence-electron chi connectivity index (χ1n) is 5.58. The Hall–Kier alpha value is -1.51. The Morgan fingerprint density at radius 3 is 2.50 bits per heavy atom. The van der Waals surface area contributed by atoms with Crippen molar-refractivity contribution in [2.24, 2.45) is 5.92 Å². The van der Waals surface area contributed by atoms with Gasteiger partial charge in [-0.1, -0.05) is 32.0 Å². The zero-order valence-electron chi connectivity index (χ0n) is 10.0. The third-order valence-electron chi connectivity index (χ3n) is 2.37. The third kappa shape index (κ3) is 3.57. The molecule has 0 aromatic heterocycles. The van der Waals surface area contributed by atoms with Gasteiger partial charge < -0.3 is 10.4 Å². The number of phenolic OH excluding ortho intramolecular Hbond substituents is 1. The molecule has 1 aromatic rings. The third-order valence-corrected chi connectivity index (χ3v) is 2.37. The van der Waals surface area contributed by atoms with E-state index in [0.717, 1.165) is 5.56 Å². The van der Waals surface area contributed by atoms with Crippen LogP contribution in [0.4, 0.5) is 0 Å². The predicted molar refractivity (Wildman–Crippen MR) is 64.1 cm³/mol. The number of benzene rings is 1. The van der Waals surface area contributed by atoms with Gasteiger partial charge in [-0.15, -0.1) is 0 Å². The molecule has 1 atom stereocenters. The van der Waals surface area contributed by atoms with Crippen LogP contribution in [-0.4, -0.2) is 11.0 Å². The van der Waals surface area contributed by atoms with Gasteiger partial charge in [0.25, 0.3) is 0 Å². The number of aromatic hydroxyl groups is 1. The van der Waals surface area contributed by atoms with Crippen molar-refractivity contribution in [2.45, 2.75) is 33.2 Å². The second kappa shape index (κ2) is 5.54. The van der Waals surface area contributed by atoms with Gasteiger partial charge >= 0.3 is 0 Å². The minimum Gasteiger partial charge on any atom is -0.508 e. The average Bonchev–Trinajstić information content (AvgIpc) is 2.16. The Morgan fingerprint density at radius 1 is 1.31 bits per heavy atom. The van der Waals surface area contributed by atoms with E-state index in [0.29, 0.717) is 12.3 Å². The molecule has 0 fully saturated rings. The molecule has 0 aliphatic carbocycles. The first kappa shape index (κ1) is 12.6. The van der Waals surface area contributed by atoms with Gasteiger partial charge in [0.05, 0.1) is 6.04 Å². The molecule has 1 unspecified atom stereocenters. The summed E-state index contributed by atoms with van der Waals surface area (Å²) < 4.78 is 0. The van der Waals surface area contributed by atoms with Crippen molar-refractivity contribution in [3.63, 3.8) is 0 Å². The molecule has 3 heteroatoms. The summed E-state index contributed by atoms with van der Waals surface area (Å²) in [5.41, 5.74) is 0.750. The van der Waals surface area contributed by atoms with E-state index in [9.17, 15) is 9.90 Å². The summed E-state index contributed by atoms with van der Waals surface area (Å²) in [6.07, 6.45) is 0.512. The number of hydrogen-bond donors (Lipinski definition) is 2. The molecule has 0 spiro atoms. The summed E-state index contributed by atoms with van der Waals surface area (Å²) in [5.74, 6) is 0.585. The largest absolute Gasteiger partial charge is 0.508 e. The van der Waals surface area contributed by atoms with Gasteiger partial charge in [0, 0.05) is 12.0 Å². The molecule has 2 N–H and O–H groups in total. The SMILES string of the molecule is CC(C)CC(=O)NC(C)c1ccccc1O. The van der Waals surface area contributed by atoms with Gasteiger partial charge in [-0.2, -0.15) is 0 Å². The monoisotopic (exact) mass is 221 g/mol. The fourth-order valence-electron chi connectivity index (χ4n) is 1.60. The quantitative estimate of drug-likeness (QED) is 0.821. The van der Waals surface area contributed by atoms with Gasteiger partial charge in [0.2, 0.25) is 5.91 Å². The molecule has 0 bridgehead atoms. The highest BCUT2D eigenvalue weighted by Crippen LogP contribution is 2.23. The molecule has 1 amide bonds. The van der Waals surface area contributed by atoms with Crippen molar-refractivity contribution in [2.75, 3.05) is 0 Å². The first-order valence-corrected chi connectivity index (χ1v) is 5.58. The highest BCUT2D eigenvalue weighted by molar-refractivity contribution is 5.76. The number of para-hydroxylation sites is 1. The van der Waals surface area contributed by atoms with Crippen LogP contribution in [0.25, 0.3) is 0 Å². The maximum atomic E-state index is 11.6. The maximum absolute atomic E-state index is 11.6. The molecule has 0 aliphatic rings. The number of hydrogen-bond acceptors (Lipinski definition) is 2. The van der Waals surface area contributed by atoms with Crippen LogP contribution >= 0.6 is 0 Å². The highest BCUT2D eigenvalue weighted by Gasteiger charge is 2.13. The summed E-state index contributed by atoms with van der Waals surface area (Å²) in [6.45, 7) is 5.88. The van der Waals surface area contributed by atoms with Crippen LogP contribution in [-0.2, 0) is 4.79 Å². The van der Waals surface area contributed by atoms with E-state index in [1.54, 1.807) is 12.1 Å². The van der Waals surface area contributed by atoms with E-state index in [1.807, 2.05) is 32.9 Å². The molecule has 3 nitrogen and oxygen atoms in total. The van der Waals surface area contributed by atoms with Crippen LogP contribution in [0.15, 0.2) is 24.3 Å². The van der Waals surface area contributed by atoms with Gasteiger partial charge in [0.1, 0.15) is 5.75 Å². The van der Waals surface area contributed by atoms with Crippen molar-refractivity contribution in [3.8, 4) is 5.75 Å². The first-order chi connectivity index (χ1) is 7.50. The summed E-state index contributed by atoms with van der Waals surface area (Å²) in [5, 5.41) is 12.5. The lowest BCUT2D eigenvalue weighted by atomic mass is 10.1. The van der Waals surface area contributed by atoms with Gasteiger partial charge in [-0.3, -0.25) is 4.79 Å². The lowest BCUT2D eigenvalue weighted by molar-refractivity contribution is -0.122. The van der Waals surface area contributed by atoms with Crippen LogP contribution in [0.2, 0.25) is 0 Å². The maximum Gasteiger partial charge on any atom is 0.220 e. The second-order valence-corrected chi connectivity index (χ2v) is 4.45. The molecule has 16 heavy (non-hydrogen) atoms. The molecule has 88 valence electrons. The summed E-state index contributed by atoms with van der Waals surface area (Å²) in [6, 6.07) is 6.89. The fraction of sp³-hybridized carbons (Fsp3) is 0.462. The van der Waals surface area contributed by atoms with E-state index in [4.69, 9.17) is 0 Å². The summed E-state index contributed by atoms with van der Waals surface area (Å²) >= 11 is 0. The van der Waals surface area contributed by atoms with Crippen molar-refractivity contribution in [1.82, 2.24) is 5.32 Å².